The second-order valence-corrected chi connectivity index (χ2v) is 3.88. The van der Waals surface area contributed by atoms with Crippen molar-refractivity contribution in [1.82, 2.24) is 5.32 Å². The minimum Gasteiger partial charge on any atom is -0.377 e. The number of rotatable bonds is 7. The fraction of sp³-hybridized carbons (Fsp3) is 1.00. The zero-order valence-electron chi connectivity index (χ0n) is 9.53. The predicted molar refractivity (Wildman–Crippen MR) is 53.8 cm³/mol. The van der Waals surface area contributed by atoms with E-state index in [0.717, 1.165) is 0 Å². The largest absolute Gasteiger partial charge is 0.389 e. The van der Waals surface area contributed by atoms with E-state index in [4.69, 9.17) is 4.74 Å². The molecule has 0 bridgehead atoms. The molecule has 0 amide bonds. The number of ether oxygens (including phenoxy) is 1. The zero-order valence-corrected chi connectivity index (χ0v) is 9.53. The van der Waals surface area contributed by atoms with Crippen LogP contribution < -0.4 is 5.32 Å². The number of likely N-dealkylation sites (N-methyl/N-ethyl adjacent to an activating group) is 1. The summed E-state index contributed by atoms with van der Waals surface area (Å²) in [6.07, 6.45) is -4.01. The van der Waals surface area contributed by atoms with E-state index in [0.29, 0.717) is 13.0 Å². The van der Waals surface area contributed by atoms with Gasteiger partial charge < -0.3 is 10.1 Å². The van der Waals surface area contributed by atoms with Crippen molar-refractivity contribution in [2.45, 2.75) is 51.4 Å². The SMILES string of the molecule is CNC(CCCC(F)(F)F)COC(C)C. The molecule has 0 fully saturated rings. The maximum atomic E-state index is 11.9. The Hall–Kier alpha value is -0.290. The lowest BCUT2D eigenvalue weighted by Gasteiger charge is -2.18. The van der Waals surface area contributed by atoms with Crippen molar-refractivity contribution in [2.24, 2.45) is 0 Å². The third-order valence-corrected chi connectivity index (χ3v) is 2.05. The Morgan fingerprint density at radius 3 is 2.27 bits per heavy atom. The highest BCUT2D eigenvalue weighted by Crippen LogP contribution is 2.22. The van der Waals surface area contributed by atoms with Crippen LogP contribution in [0.25, 0.3) is 0 Å². The van der Waals surface area contributed by atoms with Crippen LogP contribution >= 0.6 is 0 Å². The van der Waals surface area contributed by atoms with Gasteiger partial charge in [0.25, 0.3) is 0 Å². The number of hydrogen-bond acceptors (Lipinski definition) is 2. The van der Waals surface area contributed by atoms with Gasteiger partial charge in [0, 0.05) is 12.5 Å². The molecule has 0 radical (unpaired) electrons. The molecule has 0 rings (SSSR count). The van der Waals surface area contributed by atoms with Crippen LogP contribution in [0.3, 0.4) is 0 Å². The first kappa shape index (κ1) is 14.7. The van der Waals surface area contributed by atoms with Crippen LogP contribution in [0.1, 0.15) is 33.1 Å². The van der Waals surface area contributed by atoms with E-state index in [1.54, 1.807) is 7.05 Å². The summed E-state index contributed by atoms with van der Waals surface area (Å²) in [6, 6.07) is 0.00903. The first-order chi connectivity index (χ1) is 6.85. The summed E-state index contributed by atoms with van der Waals surface area (Å²) in [6.45, 7) is 4.27. The fourth-order valence-corrected chi connectivity index (χ4v) is 1.17. The lowest BCUT2D eigenvalue weighted by atomic mass is 10.1. The molecule has 0 saturated carbocycles. The van der Waals surface area contributed by atoms with Crippen LogP contribution in [0.4, 0.5) is 13.2 Å². The number of halogens is 3. The van der Waals surface area contributed by atoms with Gasteiger partial charge in [-0.25, -0.2) is 0 Å². The molecule has 0 saturated heterocycles. The summed E-state index contributed by atoms with van der Waals surface area (Å²) in [7, 11) is 1.74. The molecule has 0 aliphatic rings. The van der Waals surface area contributed by atoms with Gasteiger partial charge in [-0.15, -0.1) is 0 Å². The number of nitrogens with one attached hydrogen (secondary N) is 1. The van der Waals surface area contributed by atoms with Crippen LogP contribution in [-0.2, 0) is 4.74 Å². The molecule has 0 spiro atoms. The van der Waals surface area contributed by atoms with Gasteiger partial charge in [-0.3, -0.25) is 0 Å². The maximum absolute atomic E-state index is 11.9. The van der Waals surface area contributed by atoms with Gasteiger partial charge in [-0.05, 0) is 33.7 Å². The second kappa shape index (κ2) is 7.06. The summed E-state index contributed by atoms with van der Waals surface area (Å²) in [4.78, 5) is 0. The van der Waals surface area contributed by atoms with E-state index in [1.807, 2.05) is 13.8 Å². The third kappa shape index (κ3) is 10.0. The van der Waals surface area contributed by atoms with E-state index in [-0.39, 0.29) is 18.6 Å². The van der Waals surface area contributed by atoms with Gasteiger partial charge in [0.1, 0.15) is 0 Å². The molecular weight excluding hydrogens is 207 g/mol. The van der Waals surface area contributed by atoms with E-state index >= 15 is 0 Å². The molecule has 0 aromatic carbocycles. The maximum Gasteiger partial charge on any atom is 0.389 e. The zero-order chi connectivity index (χ0) is 11.9. The quantitative estimate of drug-likeness (QED) is 0.722. The van der Waals surface area contributed by atoms with Gasteiger partial charge in [-0.2, -0.15) is 13.2 Å². The highest BCUT2D eigenvalue weighted by atomic mass is 19.4. The fourth-order valence-electron chi connectivity index (χ4n) is 1.17. The van der Waals surface area contributed by atoms with E-state index in [9.17, 15) is 13.2 Å². The summed E-state index contributed by atoms with van der Waals surface area (Å²) in [5.41, 5.74) is 0. The van der Waals surface area contributed by atoms with Crippen molar-refractivity contribution in [1.29, 1.82) is 0 Å². The van der Waals surface area contributed by atoms with Crippen molar-refractivity contribution in [2.75, 3.05) is 13.7 Å². The average Bonchev–Trinajstić information content (AvgIpc) is 2.08. The van der Waals surface area contributed by atoms with Crippen molar-refractivity contribution >= 4 is 0 Å². The lowest BCUT2D eigenvalue weighted by molar-refractivity contribution is -0.136. The Morgan fingerprint density at radius 2 is 1.87 bits per heavy atom. The minimum absolute atomic E-state index is 0.00903. The van der Waals surface area contributed by atoms with Crippen LogP contribution in [0, 0.1) is 0 Å². The molecule has 5 heteroatoms. The molecule has 15 heavy (non-hydrogen) atoms. The highest BCUT2D eigenvalue weighted by Gasteiger charge is 2.26. The molecule has 0 aliphatic heterocycles. The summed E-state index contributed by atoms with van der Waals surface area (Å²) < 4.78 is 41.0. The normalized spacial score (nSPS) is 14.6. The summed E-state index contributed by atoms with van der Waals surface area (Å²) >= 11 is 0. The van der Waals surface area contributed by atoms with Crippen LogP contribution in [0.5, 0.6) is 0 Å². The Kier molecular flexibility index (Phi) is 6.92. The van der Waals surface area contributed by atoms with Gasteiger partial charge in [0.05, 0.1) is 12.7 Å². The van der Waals surface area contributed by atoms with Gasteiger partial charge >= 0.3 is 6.18 Å². The molecule has 0 aromatic rings. The average molecular weight is 227 g/mol. The van der Waals surface area contributed by atoms with Crippen molar-refractivity contribution in [3.63, 3.8) is 0 Å². The predicted octanol–water partition coefficient (Wildman–Crippen LogP) is 2.73. The monoisotopic (exact) mass is 227 g/mol. The molecular formula is C10H20F3NO. The molecule has 0 aliphatic carbocycles. The first-order valence-corrected chi connectivity index (χ1v) is 5.20. The van der Waals surface area contributed by atoms with Gasteiger partial charge in [-0.1, -0.05) is 0 Å². The smallest absolute Gasteiger partial charge is 0.377 e. The Morgan fingerprint density at radius 1 is 1.27 bits per heavy atom. The van der Waals surface area contributed by atoms with Crippen molar-refractivity contribution < 1.29 is 17.9 Å². The summed E-state index contributed by atoms with van der Waals surface area (Å²) in [5.74, 6) is 0. The van der Waals surface area contributed by atoms with Crippen LogP contribution in [0.2, 0.25) is 0 Å². The second-order valence-electron chi connectivity index (χ2n) is 3.88. The molecule has 0 heterocycles. The topological polar surface area (TPSA) is 21.3 Å². The molecule has 1 N–H and O–H groups in total. The molecule has 2 nitrogen and oxygen atoms in total. The Bertz CT molecular complexity index is 159. The highest BCUT2D eigenvalue weighted by molar-refractivity contribution is 4.65. The van der Waals surface area contributed by atoms with Crippen LogP contribution in [0.15, 0.2) is 0 Å². The van der Waals surface area contributed by atoms with Crippen molar-refractivity contribution in [3.05, 3.63) is 0 Å². The van der Waals surface area contributed by atoms with Gasteiger partial charge in [0.15, 0.2) is 0 Å². The third-order valence-electron chi connectivity index (χ3n) is 2.05. The standard InChI is InChI=1S/C10H20F3NO/c1-8(2)15-7-9(14-3)5-4-6-10(11,12)13/h8-9,14H,4-7H2,1-3H3. The van der Waals surface area contributed by atoms with E-state index in [2.05, 4.69) is 5.32 Å². The van der Waals surface area contributed by atoms with E-state index < -0.39 is 12.6 Å². The Balaban J connectivity index is 3.62. The number of hydrogen-bond donors (Lipinski definition) is 1. The Labute approximate surface area is 89.2 Å². The molecule has 0 aromatic heterocycles. The summed E-state index contributed by atoms with van der Waals surface area (Å²) in [5, 5.41) is 2.95. The van der Waals surface area contributed by atoms with Crippen LogP contribution in [-0.4, -0.2) is 32.0 Å². The molecule has 1 unspecified atom stereocenters. The van der Waals surface area contributed by atoms with Crippen molar-refractivity contribution in [3.8, 4) is 0 Å². The number of alkyl halides is 3. The molecule has 92 valence electrons. The molecule has 1 atom stereocenters. The minimum atomic E-state index is -4.04. The lowest BCUT2D eigenvalue weighted by Crippen LogP contribution is -2.31. The van der Waals surface area contributed by atoms with E-state index in [1.165, 1.54) is 0 Å². The first-order valence-electron chi connectivity index (χ1n) is 5.20. The van der Waals surface area contributed by atoms with Gasteiger partial charge in [0.2, 0.25) is 0 Å².